The Morgan fingerprint density at radius 2 is 1.07 bits per heavy atom. The van der Waals surface area contributed by atoms with Gasteiger partial charge in [-0.15, -0.1) is 0 Å². The Hall–Kier alpha value is -1.06. The van der Waals surface area contributed by atoms with E-state index in [4.69, 9.17) is 9.47 Å². The number of hydrogen-bond donors (Lipinski definition) is 0. The summed E-state index contributed by atoms with van der Waals surface area (Å²) in [5.41, 5.74) is 0. The van der Waals surface area contributed by atoms with Crippen LogP contribution in [-0.4, -0.2) is 25.2 Å². The van der Waals surface area contributed by atoms with E-state index in [-0.39, 0.29) is 17.9 Å². The van der Waals surface area contributed by atoms with Gasteiger partial charge in [-0.1, -0.05) is 91.4 Å². The normalized spacial score (nSPS) is 12.0. The second kappa shape index (κ2) is 20.7. The van der Waals surface area contributed by atoms with E-state index in [1.54, 1.807) is 0 Å². The van der Waals surface area contributed by atoms with Gasteiger partial charge < -0.3 is 9.47 Å². The van der Waals surface area contributed by atoms with Crippen LogP contribution >= 0.6 is 0 Å². The van der Waals surface area contributed by atoms with Crippen molar-refractivity contribution in [2.75, 3.05) is 13.2 Å². The van der Waals surface area contributed by atoms with E-state index in [0.29, 0.717) is 19.6 Å². The minimum absolute atomic E-state index is 0.0294. The van der Waals surface area contributed by atoms with E-state index in [1.807, 2.05) is 20.8 Å². The summed E-state index contributed by atoms with van der Waals surface area (Å²) in [7, 11) is 0. The summed E-state index contributed by atoms with van der Waals surface area (Å²) in [6, 6.07) is 0. The summed E-state index contributed by atoms with van der Waals surface area (Å²) in [5.74, 6) is -0.0143. The second-order valence-electron chi connectivity index (χ2n) is 8.07. The predicted octanol–water partition coefficient (Wildman–Crippen LogP) is 6.99. The van der Waals surface area contributed by atoms with Crippen molar-refractivity contribution >= 4 is 11.9 Å². The van der Waals surface area contributed by atoms with Gasteiger partial charge in [0.2, 0.25) is 0 Å². The second-order valence-corrected chi connectivity index (χ2v) is 8.07. The molecule has 0 aliphatic carbocycles. The standard InChI is InChI=1S/C24H46O4/c1-4-20-27-23(25)19-17-15-13-11-9-7-6-8-10-12-14-16-18-22(3)24(26)28-21-5-2/h22H,4-21H2,1-3H3. The van der Waals surface area contributed by atoms with Crippen LogP contribution in [0.25, 0.3) is 0 Å². The van der Waals surface area contributed by atoms with Crippen LogP contribution in [-0.2, 0) is 19.1 Å². The highest BCUT2D eigenvalue weighted by Gasteiger charge is 2.13. The van der Waals surface area contributed by atoms with Crippen molar-refractivity contribution in [1.82, 2.24) is 0 Å². The fourth-order valence-corrected chi connectivity index (χ4v) is 3.24. The summed E-state index contributed by atoms with van der Waals surface area (Å²) in [6.07, 6.45) is 18.3. The molecule has 28 heavy (non-hydrogen) atoms. The maximum absolute atomic E-state index is 11.7. The number of ether oxygens (including phenoxy) is 2. The van der Waals surface area contributed by atoms with Gasteiger partial charge in [-0.2, -0.15) is 0 Å². The molecule has 0 N–H and O–H groups in total. The minimum atomic E-state index is -0.0345. The Bertz CT molecular complexity index is 368. The molecule has 4 nitrogen and oxygen atoms in total. The first-order valence-corrected chi connectivity index (χ1v) is 11.9. The number of hydrogen-bond acceptors (Lipinski definition) is 4. The van der Waals surface area contributed by atoms with E-state index in [2.05, 4.69) is 0 Å². The van der Waals surface area contributed by atoms with Crippen LogP contribution < -0.4 is 0 Å². The van der Waals surface area contributed by atoms with E-state index in [9.17, 15) is 9.59 Å². The fourth-order valence-electron chi connectivity index (χ4n) is 3.24. The third kappa shape index (κ3) is 18.3. The molecule has 0 saturated heterocycles. The van der Waals surface area contributed by atoms with Crippen LogP contribution in [0.3, 0.4) is 0 Å². The molecule has 0 aromatic rings. The first-order valence-electron chi connectivity index (χ1n) is 11.9. The Balaban J connectivity index is 3.23. The smallest absolute Gasteiger partial charge is 0.308 e. The molecular weight excluding hydrogens is 352 g/mol. The van der Waals surface area contributed by atoms with Crippen LogP contribution in [0.5, 0.6) is 0 Å². The predicted molar refractivity (Wildman–Crippen MR) is 116 cm³/mol. The Morgan fingerprint density at radius 3 is 1.57 bits per heavy atom. The van der Waals surface area contributed by atoms with E-state index < -0.39 is 0 Å². The van der Waals surface area contributed by atoms with Gasteiger partial charge in [0, 0.05) is 6.42 Å². The molecule has 0 rings (SSSR count). The number of carbonyl (C=O) groups excluding carboxylic acids is 2. The van der Waals surface area contributed by atoms with Gasteiger partial charge in [-0.3, -0.25) is 9.59 Å². The molecule has 0 heterocycles. The average molecular weight is 399 g/mol. The van der Waals surface area contributed by atoms with Crippen molar-refractivity contribution in [3.63, 3.8) is 0 Å². The lowest BCUT2D eigenvalue weighted by Gasteiger charge is -2.10. The largest absolute Gasteiger partial charge is 0.466 e. The Labute approximate surface area is 174 Å². The van der Waals surface area contributed by atoms with Crippen LogP contribution in [0.2, 0.25) is 0 Å². The first kappa shape index (κ1) is 26.9. The monoisotopic (exact) mass is 398 g/mol. The quantitative estimate of drug-likeness (QED) is 0.164. The third-order valence-electron chi connectivity index (χ3n) is 5.09. The molecule has 0 aromatic heterocycles. The lowest BCUT2D eigenvalue weighted by atomic mass is 10.0. The summed E-state index contributed by atoms with van der Waals surface area (Å²) >= 11 is 0. The molecule has 0 aromatic carbocycles. The van der Waals surface area contributed by atoms with Gasteiger partial charge in [0.15, 0.2) is 0 Å². The molecule has 0 radical (unpaired) electrons. The molecule has 0 fully saturated rings. The lowest BCUT2D eigenvalue weighted by Crippen LogP contribution is -2.15. The zero-order valence-corrected chi connectivity index (χ0v) is 18.9. The van der Waals surface area contributed by atoms with Gasteiger partial charge in [0.1, 0.15) is 0 Å². The first-order chi connectivity index (χ1) is 13.6. The Morgan fingerprint density at radius 1 is 0.643 bits per heavy atom. The van der Waals surface area contributed by atoms with Gasteiger partial charge in [0.05, 0.1) is 19.1 Å². The summed E-state index contributed by atoms with van der Waals surface area (Å²) in [6.45, 7) is 7.13. The van der Waals surface area contributed by atoms with Crippen LogP contribution in [0, 0.1) is 5.92 Å². The molecule has 0 spiro atoms. The van der Waals surface area contributed by atoms with E-state index in [0.717, 1.165) is 38.5 Å². The summed E-state index contributed by atoms with van der Waals surface area (Å²) in [5, 5.41) is 0. The summed E-state index contributed by atoms with van der Waals surface area (Å²) in [4.78, 5) is 23.0. The molecule has 0 saturated carbocycles. The van der Waals surface area contributed by atoms with E-state index in [1.165, 1.54) is 57.8 Å². The van der Waals surface area contributed by atoms with Gasteiger partial charge in [0.25, 0.3) is 0 Å². The highest BCUT2D eigenvalue weighted by atomic mass is 16.5. The molecule has 0 bridgehead atoms. The number of rotatable bonds is 20. The molecule has 4 heteroatoms. The Kier molecular flexibility index (Phi) is 19.9. The molecule has 166 valence electrons. The zero-order chi connectivity index (χ0) is 20.9. The third-order valence-corrected chi connectivity index (χ3v) is 5.09. The molecule has 1 unspecified atom stereocenters. The highest BCUT2D eigenvalue weighted by Crippen LogP contribution is 2.15. The van der Waals surface area contributed by atoms with Crippen molar-refractivity contribution < 1.29 is 19.1 Å². The van der Waals surface area contributed by atoms with Crippen molar-refractivity contribution in [3.8, 4) is 0 Å². The fraction of sp³-hybridized carbons (Fsp3) is 0.917. The van der Waals surface area contributed by atoms with Crippen molar-refractivity contribution in [3.05, 3.63) is 0 Å². The van der Waals surface area contributed by atoms with Crippen molar-refractivity contribution in [1.29, 1.82) is 0 Å². The van der Waals surface area contributed by atoms with E-state index >= 15 is 0 Å². The topological polar surface area (TPSA) is 52.6 Å². The molecule has 1 atom stereocenters. The van der Waals surface area contributed by atoms with Crippen molar-refractivity contribution in [2.45, 2.75) is 124 Å². The maximum atomic E-state index is 11.7. The van der Waals surface area contributed by atoms with Gasteiger partial charge >= 0.3 is 11.9 Å². The molecule has 0 aliphatic heterocycles. The number of unbranched alkanes of at least 4 members (excludes halogenated alkanes) is 11. The number of esters is 2. The SMILES string of the molecule is CCCOC(=O)CCCCCCCCCCCCCCC(C)C(=O)OCCC. The van der Waals surface area contributed by atoms with Crippen LogP contribution in [0.1, 0.15) is 124 Å². The maximum Gasteiger partial charge on any atom is 0.308 e. The highest BCUT2D eigenvalue weighted by molar-refractivity contribution is 5.71. The average Bonchev–Trinajstić information content (AvgIpc) is 2.70. The van der Waals surface area contributed by atoms with Crippen LogP contribution in [0.4, 0.5) is 0 Å². The van der Waals surface area contributed by atoms with Gasteiger partial charge in [-0.25, -0.2) is 0 Å². The van der Waals surface area contributed by atoms with Gasteiger partial charge in [-0.05, 0) is 25.7 Å². The number of carbonyl (C=O) groups is 2. The minimum Gasteiger partial charge on any atom is -0.466 e. The molecule has 0 aliphatic rings. The van der Waals surface area contributed by atoms with Crippen LogP contribution in [0.15, 0.2) is 0 Å². The lowest BCUT2D eigenvalue weighted by molar-refractivity contribution is -0.148. The summed E-state index contributed by atoms with van der Waals surface area (Å²) < 4.78 is 10.3. The molecular formula is C24H46O4. The van der Waals surface area contributed by atoms with Crippen molar-refractivity contribution in [2.24, 2.45) is 5.92 Å². The zero-order valence-electron chi connectivity index (χ0n) is 18.9. The molecule has 0 amide bonds.